The molecular weight excluding hydrogens is 315 g/mol. The number of nitrogens with one attached hydrogen (secondary N) is 1. The Morgan fingerprint density at radius 3 is 2.46 bits per heavy atom. The zero-order chi connectivity index (χ0) is 18.2. The maximum absolute atomic E-state index is 13.3. The molecule has 0 spiro atoms. The Morgan fingerprint density at radius 2 is 1.88 bits per heavy atom. The molecule has 0 aliphatic heterocycles. The van der Waals surface area contributed by atoms with Gasteiger partial charge >= 0.3 is 5.69 Å². The van der Waals surface area contributed by atoms with E-state index in [-0.39, 0.29) is 17.2 Å². The van der Waals surface area contributed by atoms with Crippen molar-refractivity contribution in [2.45, 2.75) is 19.9 Å². The van der Waals surface area contributed by atoms with Gasteiger partial charge in [-0.1, -0.05) is 0 Å². The van der Waals surface area contributed by atoms with Gasteiger partial charge < -0.3 is 11.1 Å². The second kappa shape index (κ2) is 6.31. The predicted octanol–water partition coefficient (Wildman–Crippen LogP) is 0.797. The zero-order valence-electron chi connectivity index (χ0n) is 13.9. The lowest BCUT2D eigenvalue weighted by Crippen LogP contribution is -2.43. The number of rotatable bonds is 4. The molecule has 3 N–H and O–H groups in total. The molecule has 0 amide bonds. The number of nitrogen functional groups attached to an aromatic ring is 1. The molecule has 0 aliphatic carbocycles. The van der Waals surface area contributed by atoms with Crippen LogP contribution in [0.5, 0.6) is 0 Å². The molecule has 0 bridgehead atoms. The van der Waals surface area contributed by atoms with Crippen LogP contribution in [0.15, 0.2) is 27.8 Å². The van der Waals surface area contributed by atoms with E-state index in [1.165, 1.54) is 26.2 Å². The van der Waals surface area contributed by atoms with Crippen molar-refractivity contribution in [3.05, 3.63) is 56.0 Å². The van der Waals surface area contributed by atoms with Gasteiger partial charge in [0.1, 0.15) is 17.2 Å². The first-order chi connectivity index (χ1) is 11.1. The van der Waals surface area contributed by atoms with Gasteiger partial charge in [-0.05, 0) is 37.6 Å². The number of benzene rings is 1. The molecule has 24 heavy (non-hydrogen) atoms. The smallest absolute Gasteiger partial charge is 0.332 e. The molecule has 0 aliphatic rings. The third-order valence-electron chi connectivity index (χ3n) is 3.89. The first-order valence-electron chi connectivity index (χ1n) is 7.27. The number of nitrogens with two attached hydrogens (primary N) is 1. The first-order valence-corrected chi connectivity index (χ1v) is 7.27. The fourth-order valence-electron chi connectivity index (χ4n) is 2.36. The average Bonchev–Trinajstić information content (AvgIpc) is 2.54. The van der Waals surface area contributed by atoms with E-state index in [1.807, 2.05) is 0 Å². The normalized spacial score (nSPS) is 12.0. The molecule has 1 aromatic carbocycles. The van der Waals surface area contributed by atoms with Gasteiger partial charge in [-0.25, -0.2) is 9.18 Å². The Labute approximate surface area is 137 Å². The van der Waals surface area contributed by atoms with Gasteiger partial charge in [0, 0.05) is 19.8 Å². The molecule has 7 nitrogen and oxygen atoms in total. The number of Topliss-reactive ketones (excluding diaryl/α,β-unsaturated/α-hetero) is 1. The van der Waals surface area contributed by atoms with Crippen LogP contribution in [0.3, 0.4) is 0 Å². The molecule has 1 heterocycles. The Bertz CT molecular complexity index is 930. The maximum atomic E-state index is 13.3. The summed E-state index contributed by atoms with van der Waals surface area (Å²) >= 11 is 0. The van der Waals surface area contributed by atoms with Gasteiger partial charge in [0.25, 0.3) is 5.56 Å². The molecule has 2 rings (SSSR count). The van der Waals surface area contributed by atoms with Crippen molar-refractivity contribution in [2.24, 2.45) is 14.1 Å². The Kier molecular flexibility index (Phi) is 4.59. The van der Waals surface area contributed by atoms with Gasteiger partial charge in [0.15, 0.2) is 5.78 Å². The van der Waals surface area contributed by atoms with Gasteiger partial charge in [0.05, 0.1) is 6.04 Å². The molecule has 0 unspecified atom stereocenters. The van der Waals surface area contributed by atoms with Crippen molar-refractivity contribution in [1.29, 1.82) is 0 Å². The quantitative estimate of drug-likeness (QED) is 0.806. The Morgan fingerprint density at radius 1 is 1.25 bits per heavy atom. The summed E-state index contributed by atoms with van der Waals surface area (Å²) in [7, 11) is 2.66. The minimum Gasteiger partial charge on any atom is -0.384 e. The fraction of sp³-hybridized carbons (Fsp3) is 0.312. The number of hydrogen-bond donors (Lipinski definition) is 2. The van der Waals surface area contributed by atoms with Crippen LogP contribution < -0.4 is 22.3 Å². The van der Waals surface area contributed by atoms with Crippen molar-refractivity contribution in [3.8, 4) is 0 Å². The van der Waals surface area contributed by atoms with E-state index in [0.29, 0.717) is 11.3 Å². The molecule has 0 saturated heterocycles. The van der Waals surface area contributed by atoms with Crippen LogP contribution in [0.25, 0.3) is 0 Å². The van der Waals surface area contributed by atoms with Crippen LogP contribution in [-0.2, 0) is 14.1 Å². The highest BCUT2D eigenvalue weighted by Crippen LogP contribution is 2.16. The number of anilines is 2. The van der Waals surface area contributed by atoms with Crippen molar-refractivity contribution >= 4 is 17.3 Å². The summed E-state index contributed by atoms with van der Waals surface area (Å²) in [5.74, 6) is -1.08. The van der Waals surface area contributed by atoms with Crippen LogP contribution in [0.4, 0.5) is 15.9 Å². The third-order valence-corrected chi connectivity index (χ3v) is 3.89. The van der Waals surface area contributed by atoms with E-state index in [4.69, 9.17) is 5.73 Å². The standard InChI is InChI=1S/C16H19FN4O3/c1-8-7-10(5-6-11(8)17)19-9(2)13(22)12-14(18)20(3)16(24)21(4)15(12)23/h5-7,9,19H,18H2,1-4H3/t9-/m1/s1. The summed E-state index contributed by atoms with van der Waals surface area (Å²) < 4.78 is 15.2. The van der Waals surface area contributed by atoms with E-state index < -0.39 is 23.1 Å². The molecule has 0 fully saturated rings. The van der Waals surface area contributed by atoms with E-state index in [1.54, 1.807) is 19.9 Å². The molecular formula is C16H19FN4O3. The number of aromatic nitrogens is 2. The molecule has 0 radical (unpaired) electrons. The van der Waals surface area contributed by atoms with Gasteiger partial charge in [-0.15, -0.1) is 0 Å². The minimum absolute atomic E-state index is 0.183. The lowest BCUT2D eigenvalue weighted by atomic mass is 10.1. The van der Waals surface area contributed by atoms with Gasteiger partial charge in [0.2, 0.25) is 0 Å². The molecule has 1 atom stereocenters. The number of carbonyl (C=O) groups excluding carboxylic acids is 1. The number of carbonyl (C=O) groups is 1. The first kappa shape index (κ1) is 17.5. The number of halogens is 1. The Hall–Kier alpha value is -2.90. The van der Waals surface area contributed by atoms with E-state index in [2.05, 4.69) is 5.32 Å². The SMILES string of the molecule is Cc1cc(N[C@H](C)C(=O)c2c(N)n(C)c(=O)n(C)c2=O)ccc1F. The van der Waals surface area contributed by atoms with Gasteiger partial charge in [-0.2, -0.15) is 0 Å². The highest BCUT2D eigenvalue weighted by atomic mass is 19.1. The highest BCUT2D eigenvalue weighted by Gasteiger charge is 2.24. The lowest BCUT2D eigenvalue weighted by Gasteiger charge is -2.17. The number of ketones is 1. The van der Waals surface area contributed by atoms with E-state index in [0.717, 1.165) is 9.13 Å². The highest BCUT2D eigenvalue weighted by molar-refractivity contribution is 6.04. The monoisotopic (exact) mass is 334 g/mol. The van der Waals surface area contributed by atoms with Crippen molar-refractivity contribution in [1.82, 2.24) is 9.13 Å². The van der Waals surface area contributed by atoms with E-state index >= 15 is 0 Å². The second-order valence-electron chi connectivity index (χ2n) is 5.66. The van der Waals surface area contributed by atoms with E-state index in [9.17, 15) is 18.8 Å². The number of aryl methyl sites for hydroxylation is 1. The zero-order valence-corrected chi connectivity index (χ0v) is 13.9. The average molecular weight is 334 g/mol. The molecule has 1 aromatic heterocycles. The van der Waals surface area contributed by atoms with Crippen LogP contribution >= 0.6 is 0 Å². The predicted molar refractivity (Wildman–Crippen MR) is 89.9 cm³/mol. The fourth-order valence-corrected chi connectivity index (χ4v) is 2.36. The Balaban J connectivity index is 2.40. The summed E-state index contributed by atoms with van der Waals surface area (Å²) in [5.41, 5.74) is 5.14. The number of hydrogen-bond acceptors (Lipinski definition) is 5. The van der Waals surface area contributed by atoms with Crippen molar-refractivity contribution in [3.63, 3.8) is 0 Å². The molecule has 2 aromatic rings. The van der Waals surface area contributed by atoms with Crippen LogP contribution in [0.1, 0.15) is 22.8 Å². The van der Waals surface area contributed by atoms with Crippen LogP contribution in [-0.4, -0.2) is 21.0 Å². The third kappa shape index (κ3) is 2.94. The topological polar surface area (TPSA) is 99.1 Å². The molecule has 128 valence electrons. The minimum atomic E-state index is -0.789. The second-order valence-corrected chi connectivity index (χ2v) is 5.66. The summed E-state index contributed by atoms with van der Waals surface area (Å²) in [6.07, 6.45) is 0. The maximum Gasteiger partial charge on any atom is 0.332 e. The summed E-state index contributed by atoms with van der Waals surface area (Å²) in [6, 6.07) is 3.55. The van der Waals surface area contributed by atoms with Gasteiger partial charge in [-0.3, -0.25) is 18.7 Å². The van der Waals surface area contributed by atoms with Crippen molar-refractivity contribution in [2.75, 3.05) is 11.1 Å². The summed E-state index contributed by atoms with van der Waals surface area (Å²) in [5, 5.41) is 2.91. The largest absolute Gasteiger partial charge is 0.384 e. The van der Waals surface area contributed by atoms with Crippen molar-refractivity contribution < 1.29 is 9.18 Å². The summed E-state index contributed by atoms with van der Waals surface area (Å²) in [4.78, 5) is 36.6. The molecule has 8 heteroatoms. The summed E-state index contributed by atoms with van der Waals surface area (Å²) in [6.45, 7) is 3.17. The number of nitrogens with zero attached hydrogens (tertiary/aromatic N) is 2. The van der Waals surface area contributed by atoms with Crippen LogP contribution in [0, 0.1) is 12.7 Å². The van der Waals surface area contributed by atoms with Crippen LogP contribution in [0.2, 0.25) is 0 Å². The molecule has 0 saturated carbocycles. The lowest BCUT2D eigenvalue weighted by molar-refractivity contribution is 0.0973.